The summed E-state index contributed by atoms with van der Waals surface area (Å²) in [5.74, 6) is 0.728. The second-order valence-corrected chi connectivity index (χ2v) is 51.6. The van der Waals surface area contributed by atoms with Gasteiger partial charge < -0.3 is 256 Å². The zero-order valence-corrected chi connectivity index (χ0v) is 88.9. The van der Waals surface area contributed by atoms with E-state index >= 15 is 0 Å². The van der Waals surface area contributed by atoms with E-state index < -0.39 is 255 Å². The quantitative estimate of drug-likeness (QED) is 0.0200. The molecule has 77 nitrogen and oxygen atoms in total. The van der Waals surface area contributed by atoms with Crippen LogP contribution in [0.2, 0.25) is 0 Å². The lowest BCUT2D eigenvalue weighted by atomic mass is 10.1. The van der Waals surface area contributed by atoms with Gasteiger partial charge in [-0.05, 0) is 45.4 Å². The number of hydrogen-bond donors (Lipinski definition) is 12. The third-order valence-corrected chi connectivity index (χ3v) is 37.1. The molecule has 10 rings (SSSR count). The normalized spacial score (nSPS) is 29.5. The molecule has 17 N–H and O–H groups in total. The van der Waals surface area contributed by atoms with Gasteiger partial charge in [0.05, 0.1) is 124 Å². The number of aliphatic imine (C=N–C) groups is 5. The van der Waals surface area contributed by atoms with E-state index in [0.29, 0.717) is 13.6 Å². The molecule has 844 valence electrons. The molecule has 25 atom stereocenters. The summed E-state index contributed by atoms with van der Waals surface area (Å²) < 4.78 is 246. The van der Waals surface area contributed by atoms with Crippen LogP contribution in [-0.2, 0) is 158 Å². The van der Waals surface area contributed by atoms with Gasteiger partial charge >= 0.3 is 0 Å². The minimum Gasteiger partial charge on any atom is -0.790 e. The summed E-state index contributed by atoms with van der Waals surface area (Å²) in [6.07, 6.45) is -10.3. The van der Waals surface area contributed by atoms with Crippen LogP contribution in [0, 0.1) is 0 Å². The van der Waals surface area contributed by atoms with Crippen molar-refractivity contribution >= 4 is 185 Å². The second kappa shape index (κ2) is 52.7. The summed E-state index contributed by atoms with van der Waals surface area (Å²) in [7, 11) is -89.3. The van der Waals surface area contributed by atoms with Gasteiger partial charge in [-0.3, -0.25) is 67.2 Å². The fraction of sp³-hybridized carbons (Fsp3) is 0.528. The fourth-order valence-corrected chi connectivity index (χ4v) is 26.6. The van der Waals surface area contributed by atoms with Gasteiger partial charge in [-0.25, -0.2) is 46.5 Å². The highest BCUT2D eigenvalue weighted by molar-refractivity contribution is 14.1. The molecule has 0 bridgehead atoms. The van der Waals surface area contributed by atoms with Gasteiger partial charge in [0, 0.05) is 68.1 Å². The van der Waals surface area contributed by atoms with Crippen LogP contribution < -0.4 is 127 Å². The van der Waals surface area contributed by atoms with E-state index in [9.17, 15) is 202 Å². The van der Waals surface area contributed by atoms with Gasteiger partial charge in [-0.15, -0.1) is 0 Å². The number of aliphatic hydroxyl groups is 7. The fourth-order valence-electron chi connectivity index (χ4n) is 11.6. The average Bonchev–Trinajstić information content (AvgIpc) is 1.69. The molecule has 147 heavy (non-hydrogen) atoms. The molecule has 10 aliphatic rings. The second-order valence-electron chi connectivity index (χ2n) is 28.4. The number of aliphatic hydroxyl groups excluding tert-OH is 7. The van der Waals surface area contributed by atoms with Crippen molar-refractivity contribution in [1.29, 1.82) is 0 Å². The molecular weight excluding hydrogens is 2510 g/mol. The van der Waals surface area contributed by atoms with Crippen molar-refractivity contribution in [3.05, 3.63) is 118 Å². The molecule has 0 saturated carbocycles. The summed E-state index contributed by atoms with van der Waals surface area (Å²) in [5.41, 5.74) is 28.8. The Bertz CT molecular complexity index is 5440. The zero-order chi connectivity index (χ0) is 112. The highest BCUT2D eigenvalue weighted by atomic mass is 127. The minimum absolute atomic E-state index is 0. The summed E-state index contributed by atoms with van der Waals surface area (Å²) in [5, 5.41) is 69.0. The Balaban J connectivity index is 0.000000323. The van der Waals surface area contributed by atoms with Crippen molar-refractivity contribution in [2.75, 3.05) is 39.6 Å². The van der Waals surface area contributed by atoms with E-state index in [2.05, 4.69) is 140 Å². The van der Waals surface area contributed by atoms with Gasteiger partial charge in [-0.1, -0.05) is 40.3 Å². The summed E-state index contributed by atoms with van der Waals surface area (Å²) >= 11 is 5.06. The van der Waals surface area contributed by atoms with Gasteiger partial charge in [0.2, 0.25) is 0 Å². The number of hydrogen-bond acceptors (Lipinski definition) is 77. The van der Waals surface area contributed by atoms with Crippen LogP contribution in [0.3, 0.4) is 0 Å². The number of halogens is 2. The molecule has 5 fully saturated rings. The summed E-state index contributed by atoms with van der Waals surface area (Å²) in [6.45, 7) is 14.9. The monoisotopic (exact) mass is 2580 g/mol. The maximum Gasteiger partial charge on any atom is 0.278 e. The van der Waals surface area contributed by atoms with Crippen molar-refractivity contribution in [2.45, 2.75) is 139 Å². The first-order chi connectivity index (χ1) is 66.0. The number of phosphoric ester groups is 5. The first-order valence-electron chi connectivity index (χ1n) is 37.4. The molecule has 10 aliphatic heterocycles. The Morgan fingerprint density at radius 1 is 0.340 bits per heavy atom. The Morgan fingerprint density at radius 2 is 0.551 bits per heavy atom. The van der Waals surface area contributed by atoms with E-state index in [1.54, 1.807) is 19.3 Å². The molecule has 0 amide bonds. The van der Waals surface area contributed by atoms with Gasteiger partial charge in [0.25, 0.3) is 78.2 Å². The van der Waals surface area contributed by atoms with E-state index in [1.165, 1.54) is 36.9 Å². The number of nitrogens with zero attached hydrogens (tertiary/aromatic N) is 10. The highest BCUT2D eigenvalue weighted by Gasteiger charge is 2.46. The minimum atomic E-state index is -6.10. The number of ether oxygens (including phenoxy) is 5. The number of rotatable bonds is 41. The maximum atomic E-state index is 11.6. The molecule has 0 spiro atoms. The van der Waals surface area contributed by atoms with Crippen LogP contribution in [0.4, 0.5) is 0 Å². The zero-order valence-electron chi connectivity index (χ0n) is 71.8. The SMILES string of the molecule is C.C=C1N=C(N)C(Br)=CN1C1CC(O)C(COP(=O)([O-])OP(=O)([O-])OP(=O)([O-])[O-])O1.C=C1N=C(N)C(C)=CN1C1CC(O)C(COP(=O)([O-])OP(=O)([O-])OP(=O)([O-])[O-])O1.C=C1N=C(N)C(CO)=CN1C1CC(O)C(COP(=O)([O-])OP(=O)([O-])OP(=O)([O-])[O-])O1.C=C1N=C(N)C(I)=CN1C1CC(O)C(COP(=O)([O-])OP(=O)([O-])OP(=O)([O-])[O-])O1.C=C1N=C(N)C(O)=CN1C1CC(O)C(COP(=O)([O-])OP(=O)([O-])OP(=O)([O-])[O-])O1. The average molecular weight is 2590 g/mol. The maximum absolute atomic E-state index is 11.6. The predicted octanol–water partition coefficient (Wildman–Crippen LogP) is -13.6. The number of nitrogens with two attached hydrogens (primary N) is 5. The van der Waals surface area contributed by atoms with Crippen LogP contribution in [0.15, 0.2) is 143 Å². The molecule has 0 aromatic heterocycles. The molecule has 94 heteroatoms. The molecule has 10 heterocycles. The Kier molecular flexibility index (Phi) is 48.0. The predicted molar refractivity (Wildman–Crippen MR) is 450 cm³/mol. The third kappa shape index (κ3) is 45.5. The first kappa shape index (κ1) is 134. The Morgan fingerprint density at radius 3 is 0.803 bits per heavy atom. The molecular formula is C53H76BrIN15O62P15-20. The largest absolute Gasteiger partial charge is 0.790 e. The van der Waals surface area contributed by atoms with Crippen LogP contribution in [-0.4, -0.2) is 221 Å². The molecule has 0 aromatic carbocycles. The van der Waals surface area contributed by atoms with Crippen molar-refractivity contribution in [2.24, 2.45) is 53.6 Å². The lowest BCUT2D eigenvalue weighted by Gasteiger charge is -2.37. The summed E-state index contributed by atoms with van der Waals surface area (Å²) in [4.78, 5) is 242. The van der Waals surface area contributed by atoms with E-state index in [0.717, 1.165) is 6.20 Å². The van der Waals surface area contributed by atoms with E-state index in [1.807, 2.05) is 22.6 Å². The van der Waals surface area contributed by atoms with Crippen LogP contribution >= 0.6 is 156 Å². The summed E-state index contributed by atoms with van der Waals surface area (Å²) in [6, 6.07) is 0. The van der Waals surface area contributed by atoms with E-state index in [-0.39, 0.29) is 103 Å². The number of phosphoric acid groups is 15. The van der Waals surface area contributed by atoms with Gasteiger partial charge in [0.1, 0.15) is 114 Å². The van der Waals surface area contributed by atoms with Crippen LogP contribution in [0.25, 0.3) is 0 Å². The van der Waals surface area contributed by atoms with Crippen molar-refractivity contribution < 1.29 is 291 Å². The molecule has 25 unspecified atom stereocenters. The smallest absolute Gasteiger partial charge is 0.278 e. The Hall–Kier alpha value is -3.63. The van der Waals surface area contributed by atoms with Crippen molar-refractivity contribution in [3.63, 3.8) is 0 Å². The molecule has 0 radical (unpaired) electrons. The third-order valence-electron chi connectivity index (χ3n) is 17.3. The number of amidine groups is 5. The molecule has 0 aromatic rings. The lowest BCUT2D eigenvalue weighted by molar-refractivity contribution is -0.342. The van der Waals surface area contributed by atoms with Gasteiger partial charge in [0.15, 0.2) is 11.6 Å². The first-order valence-corrected chi connectivity index (χ1v) is 61.2. The van der Waals surface area contributed by atoms with E-state index in [4.69, 9.17) is 52.4 Å². The topological polar surface area (TPSA) is 1250 Å². The Labute approximate surface area is 846 Å². The van der Waals surface area contributed by atoms with Gasteiger partial charge in [-0.2, -0.15) is 0 Å². The van der Waals surface area contributed by atoms with Crippen molar-refractivity contribution in [1.82, 2.24) is 24.5 Å². The molecule has 0 aliphatic carbocycles. The van der Waals surface area contributed by atoms with Crippen molar-refractivity contribution in [3.8, 4) is 0 Å². The lowest BCUT2D eigenvalue weighted by Crippen LogP contribution is -2.35. The highest BCUT2D eigenvalue weighted by Crippen LogP contribution is 2.66. The standard InChI is InChI=1S/C11H20N3O13P3.C11H20N3O12P3.C10H17BrN3O12P3.C10H17IN3O12P3.C10H18N3O13P3.CH4/c1-6-13-11(12)7(4-15)3-14(6)10-2-8(16)9(25-10)5-24-29(20,21)27-30(22,23)26-28(17,18)19;1-6-4-14(7(2)13-11(6)12)10-3-8(15)9(24-10)5-23-28(19,20)26-29(21,22)25-27(16,17)18;2*1-5-13-10(12)6(11)3-14(5)9-2-7(15)8(24-9)4-23-28(19,20)26-29(21,22)25-27(16,17)18;1-5-12-10(11)7(15)3-13(5)9-2-6(14)8(24-9)4-23-28(19,20)26-29(21,22)25-27(16,17)18;/h3,8-10,15-16H,1-2,4-5H2,(H2,12,13)(H,20,21)(H,22,23)(H2,17,18,19);4,8-10,15H,2-3,5H2,1H3,(H2,12,13)(H,19,20)(H,21,22)(H2,16,17,18);2*3,7-9,15H,1-2,4H2,(H2,12,13)(H,19,20)(H,21,22)(H2,16,17,18);3,6,8-9,14-15H,1-2,4H2,(H2,11,12)(H,19,20)(H,21,22)(H2,16,17,18);1H4/p-20. The van der Waals surface area contributed by atoms with Crippen LogP contribution in [0.5, 0.6) is 0 Å². The molecule has 5 saturated heterocycles. The van der Waals surface area contributed by atoms with Crippen LogP contribution in [0.1, 0.15) is 46.5 Å².